The van der Waals surface area contributed by atoms with E-state index in [1.165, 1.54) is 17.6 Å². The number of nitrogens with zero attached hydrogens (tertiary/aromatic N) is 5. The molecule has 0 saturated carbocycles. The Kier molecular flexibility index (Phi) is 5.28. The Morgan fingerprint density at radius 3 is 2.69 bits per heavy atom. The summed E-state index contributed by atoms with van der Waals surface area (Å²) in [6.45, 7) is 2.85. The molecule has 0 amide bonds. The zero-order chi connectivity index (χ0) is 20.8. The minimum Gasteiger partial charge on any atom is -0.382 e. The van der Waals surface area contributed by atoms with E-state index in [2.05, 4.69) is 70.1 Å². The van der Waals surface area contributed by atoms with E-state index in [-0.39, 0.29) is 12.4 Å². The topological polar surface area (TPSA) is 86.1 Å². The van der Waals surface area contributed by atoms with Crippen molar-refractivity contribution in [3.05, 3.63) is 78.4 Å². The van der Waals surface area contributed by atoms with Crippen LogP contribution in [0.25, 0.3) is 27.5 Å². The van der Waals surface area contributed by atoms with Crippen LogP contribution in [0.15, 0.2) is 67.1 Å². The lowest BCUT2D eigenvalue weighted by molar-refractivity contribution is 0.342. The number of anilines is 1. The zero-order valence-corrected chi connectivity index (χ0v) is 18.3. The number of nitrogens with two attached hydrogens (primary N) is 1. The van der Waals surface area contributed by atoms with Crippen molar-refractivity contribution in [1.82, 2.24) is 29.7 Å². The highest BCUT2D eigenvalue weighted by atomic mass is 35.5. The molecule has 3 aromatic heterocycles. The van der Waals surface area contributed by atoms with Crippen LogP contribution < -0.4 is 11.1 Å². The lowest BCUT2D eigenvalue weighted by Gasteiger charge is -2.26. The Hall–Kier alpha value is -3.42. The second-order valence-corrected chi connectivity index (χ2v) is 8.27. The first-order chi connectivity index (χ1) is 15.2. The molecule has 1 saturated heterocycles. The summed E-state index contributed by atoms with van der Waals surface area (Å²) in [5, 5.41) is 13.8. The number of halogens is 1. The standard InChI is InChI=1S/C24H23N7.ClH/c25-24-23-21(10-20(8-17-11-26-12-17)31(23)28-15-27-24)18-6-7-19-14-30(29-22(19)9-18)13-16-4-2-1-3-5-16;/h1-7,9-10,14-15,17,26H,8,11-13H2,(H2,25,27,28);1H. The summed E-state index contributed by atoms with van der Waals surface area (Å²) >= 11 is 0. The van der Waals surface area contributed by atoms with E-state index in [4.69, 9.17) is 10.8 Å². The van der Waals surface area contributed by atoms with Gasteiger partial charge in [0.05, 0.1) is 12.1 Å². The maximum Gasteiger partial charge on any atom is 0.151 e. The first-order valence-electron chi connectivity index (χ1n) is 10.6. The fourth-order valence-electron chi connectivity index (χ4n) is 4.37. The van der Waals surface area contributed by atoms with Crippen LogP contribution in [-0.4, -0.2) is 37.5 Å². The highest BCUT2D eigenvalue weighted by Gasteiger charge is 2.22. The van der Waals surface area contributed by atoms with Gasteiger partial charge in [-0.1, -0.05) is 42.5 Å². The van der Waals surface area contributed by atoms with Gasteiger partial charge < -0.3 is 11.1 Å². The van der Waals surface area contributed by atoms with E-state index < -0.39 is 0 Å². The molecule has 8 heteroatoms. The van der Waals surface area contributed by atoms with Gasteiger partial charge in [0, 0.05) is 22.8 Å². The van der Waals surface area contributed by atoms with Gasteiger partial charge in [-0.3, -0.25) is 4.68 Å². The Balaban J connectivity index is 0.00000216. The number of aromatic nitrogens is 5. The van der Waals surface area contributed by atoms with Crippen molar-refractivity contribution in [2.75, 3.05) is 18.8 Å². The van der Waals surface area contributed by atoms with Gasteiger partial charge in [-0.25, -0.2) is 9.50 Å². The van der Waals surface area contributed by atoms with Crippen molar-refractivity contribution in [3.63, 3.8) is 0 Å². The first-order valence-corrected chi connectivity index (χ1v) is 10.6. The fraction of sp³-hybridized carbons (Fsp3) is 0.208. The van der Waals surface area contributed by atoms with Crippen LogP contribution >= 0.6 is 12.4 Å². The molecular formula is C24H24ClN7. The monoisotopic (exact) mass is 445 g/mol. The Morgan fingerprint density at radius 2 is 1.91 bits per heavy atom. The van der Waals surface area contributed by atoms with Gasteiger partial charge >= 0.3 is 0 Å². The second kappa shape index (κ2) is 8.26. The molecule has 3 N–H and O–H groups in total. The first kappa shape index (κ1) is 20.5. The molecule has 0 spiro atoms. The van der Waals surface area contributed by atoms with E-state index in [0.717, 1.165) is 53.6 Å². The molecule has 32 heavy (non-hydrogen) atoms. The molecule has 0 aliphatic carbocycles. The minimum absolute atomic E-state index is 0. The molecule has 0 unspecified atom stereocenters. The summed E-state index contributed by atoms with van der Waals surface area (Å²) in [5.74, 6) is 1.14. The van der Waals surface area contributed by atoms with Crippen LogP contribution in [0.5, 0.6) is 0 Å². The average Bonchev–Trinajstić information content (AvgIpc) is 3.32. The van der Waals surface area contributed by atoms with Gasteiger partial charge in [0.2, 0.25) is 0 Å². The molecule has 0 atom stereocenters. The Labute approximate surface area is 191 Å². The van der Waals surface area contributed by atoms with Crippen molar-refractivity contribution in [1.29, 1.82) is 0 Å². The molecule has 6 rings (SSSR count). The van der Waals surface area contributed by atoms with Crippen LogP contribution in [0.3, 0.4) is 0 Å². The molecule has 162 valence electrons. The summed E-state index contributed by atoms with van der Waals surface area (Å²) < 4.78 is 3.95. The molecule has 4 heterocycles. The Bertz CT molecular complexity index is 1390. The molecule has 0 bridgehead atoms. The number of hydrogen-bond donors (Lipinski definition) is 2. The largest absolute Gasteiger partial charge is 0.382 e. The fourth-order valence-corrected chi connectivity index (χ4v) is 4.37. The third-order valence-electron chi connectivity index (χ3n) is 6.07. The summed E-state index contributed by atoms with van der Waals surface area (Å²) in [7, 11) is 0. The van der Waals surface area contributed by atoms with Crippen molar-refractivity contribution in [3.8, 4) is 11.1 Å². The predicted octanol–water partition coefficient (Wildman–Crippen LogP) is 3.56. The number of fused-ring (bicyclic) bond motifs is 2. The molecule has 1 aliphatic heterocycles. The maximum atomic E-state index is 6.28. The summed E-state index contributed by atoms with van der Waals surface area (Å²) in [4.78, 5) is 4.25. The summed E-state index contributed by atoms with van der Waals surface area (Å²) in [5.41, 5.74) is 12.6. The number of hydrogen-bond acceptors (Lipinski definition) is 5. The van der Waals surface area contributed by atoms with Gasteiger partial charge in [0.15, 0.2) is 5.82 Å². The van der Waals surface area contributed by atoms with E-state index in [1.54, 1.807) is 0 Å². The molecule has 0 radical (unpaired) electrons. The van der Waals surface area contributed by atoms with E-state index >= 15 is 0 Å². The average molecular weight is 446 g/mol. The molecule has 7 nitrogen and oxygen atoms in total. The van der Waals surface area contributed by atoms with Crippen LogP contribution in [0.4, 0.5) is 5.82 Å². The highest BCUT2D eigenvalue weighted by molar-refractivity contribution is 5.92. The van der Waals surface area contributed by atoms with Gasteiger partial charge in [-0.05, 0) is 48.7 Å². The van der Waals surface area contributed by atoms with Crippen LogP contribution in [-0.2, 0) is 13.0 Å². The van der Waals surface area contributed by atoms with E-state index in [9.17, 15) is 0 Å². The third kappa shape index (κ3) is 3.59. The number of rotatable bonds is 5. The quantitative estimate of drug-likeness (QED) is 0.432. The van der Waals surface area contributed by atoms with Gasteiger partial charge in [0.1, 0.15) is 11.8 Å². The number of benzene rings is 2. The normalized spacial score (nSPS) is 13.9. The number of nitrogens with one attached hydrogen (secondary N) is 1. The molecule has 1 aliphatic rings. The lowest BCUT2D eigenvalue weighted by Crippen LogP contribution is -2.43. The van der Waals surface area contributed by atoms with Crippen LogP contribution in [0.1, 0.15) is 11.3 Å². The molecular weight excluding hydrogens is 422 g/mol. The lowest BCUT2D eigenvalue weighted by atomic mass is 9.97. The Morgan fingerprint density at radius 1 is 1.06 bits per heavy atom. The number of nitrogen functional groups attached to an aromatic ring is 1. The molecule has 1 fully saturated rings. The van der Waals surface area contributed by atoms with E-state index in [0.29, 0.717) is 11.7 Å². The smallest absolute Gasteiger partial charge is 0.151 e. The summed E-state index contributed by atoms with van der Waals surface area (Å²) in [6.07, 6.45) is 4.60. The van der Waals surface area contributed by atoms with Crippen molar-refractivity contribution in [2.45, 2.75) is 13.0 Å². The summed E-state index contributed by atoms with van der Waals surface area (Å²) in [6, 6.07) is 19.0. The predicted molar refractivity (Wildman–Crippen MR) is 129 cm³/mol. The van der Waals surface area contributed by atoms with E-state index in [1.807, 2.05) is 15.3 Å². The van der Waals surface area contributed by atoms with Gasteiger partial charge in [-0.2, -0.15) is 10.2 Å². The minimum atomic E-state index is 0. The maximum absolute atomic E-state index is 6.28. The van der Waals surface area contributed by atoms with Gasteiger partial charge in [0.25, 0.3) is 0 Å². The van der Waals surface area contributed by atoms with Crippen molar-refractivity contribution < 1.29 is 0 Å². The second-order valence-electron chi connectivity index (χ2n) is 8.27. The third-order valence-corrected chi connectivity index (χ3v) is 6.07. The molecule has 5 aromatic rings. The van der Waals surface area contributed by atoms with Gasteiger partial charge in [-0.15, -0.1) is 12.4 Å². The SMILES string of the molecule is Cl.Nc1ncnn2c(CC3CNC3)cc(-c3ccc4cn(Cc5ccccc5)nc4c3)c12. The zero-order valence-electron chi connectivity index (χ0n) is 17.5. The van der Waals surface area contributed by atoms with Crippen molar-refractivity contribution >= 4 is 34.6 Å². The highest BCUT2D eigenvalue weighted by Crippen LogP contribution is 2.33. The van der Waals surface area contributed by atoms with Crippen LogP contribution in [0.2, 0.25) is 0 Å². The van der Waals surface area contributed by atoms with Crippen molar-refractivity contribution in [2.24, 2.45) is 5.92 Å². The van der Waals surface area contributed by atoms with Crippen LogP contribution in [0, 0.1) is 5.92 Å². The molecule has 2 aromatic carbocycles.